The minimum absolute atomic E-state index is 0.0654. The molecule has 15 heavy (non-hydrogen) atoms. The number of nitrogens with one attached hydrogen (secondary N) is 1. The highest BCUT2D eigenvalue weighted by Crippen LogP contribution is 2.30. The van der Waals surface area contributed by atoms with E-state index in [1.807, 2.05) is 6.92 Å². The van der Waals surface area contributed by atoms with E-state index in [2.05, 4.69) is 5.32 Å². The molecule has 2 rings (SSSR count). The van der Waals surface area contributed by atoms with Crippen molar-refractivity contribution in [1.82, 2.24) is 10.2 Å². The van der Waals surface area contributed by atoms with Crippen LogP contribution in [0.3, 0.4) is 0 Å². The molecule has 2 amide bonds. The molecule has 5 nitrogen and oxygen atoms in total. The van der Waals surface area contributed by atoms with E-state index in [1.54, 1.807) is 4.90 Å². The standard InChI is InChI=1S/C10H16N2O3/c1-7(15-9(13)8-2-3-8)6-12-5-4-11-10(12)14/h7-8H,2-6H2,1H3,(H,11,14). The molecule has 84 valence electrons. The van der Waals surface area contributed by atoms with Crippen molar-refractivity contribution in [2.24, 2.45) is 5.92 Å². The van der Waals surface area contributed by atoms with Crippen molar-refractivity contribution in [1.29, 1.82) is 0 Å². The predicted octanol–water partition coefficient (Wildman–Crippen LogP) is 0.353. The lowest BCUT2D eigenvalue weighted by molar-refractivity contribution is -0.150. The lowest BCUT2D eigenvalue weighted by atomic mass is 10.3. The SMILES string of the molecule is CC(CN1CCNC1=O)OC(=O)C1CC1. The molecule has 2 fully saturated rings. The van der Waals surface area contributed by atoms with Gasteiger partial charge in [0.1, 0.15) is 6.10 Å². The number of urea groups is 1. The first-order valence-corrected chi connectivity index (χ1v) is 5.40. The van der Waals surface area contributed by atoms with Crippen molar-refractivity contribution in [3.05, 3.63) is 0 Å². The van der Waals surface area contributed by atoms with E-state index >= 15 is 0 Å². The maximum atomic E-state index is 11.3. The van der Waals surface area contributed by atoms with Crippen LogP contribution in [0.5, 0.6) is 0 Å². The van der Waals surface area contributed by atoms with Gasteiger partial charge in [-0.05, 0) is 19.8 Å². The van der Waals surface area contributed by atoms with Gasteiger partial charge in [0.25, 0.3) is 0 Å². The average Bonchev–Trinajstić information content (AvgIpc) is 2.94. The minimum atomic E-state index is -0.207. The lowest BCUT2D eigenvalue weighted by Gasteiger charge is -2.19. The molecular weight excluding hydrogens is 196 g/mol. The van der Waals surface area contributed by atoms with Gasteiger partial charge in [0, 0.05) is 13.1 Å². The van der Waals surface area contributed by atoms with E-state index in [0.717, 1.165) is 12.8 Å². The normalized spacial score (nSPS) is 22.5. The van der Waals surface area contributed by atoms with Gasteiger partial charge in [-0.1, -0.05) is 0 Å². The van der Waals surface area contributed by atoms with Gasteiger partial charge in [0.2, 0.25) is 0 Å². The van der Waals surface area contributed by atoms with E-state index in [1.165, 1.54) is 0 Å². The predicted molar refractivity (Wildman–Crippen MR) is 53.2 cm³/mol. The first kappa shape index (κ1) is 10.3. The quantitative estimate of drug-likeness (QED) is 0.684. The third-order valence-electron chi connectivity index (χ3n) is 2.65. The number of rotatable bonds is 4. The molecular formula is C10H16N2O3. The highest BCUT2D eigenvalue weighted by Gasteiger charge is 2.33. The van der Waals surface area contributed by atoms with E-state index in [9.17, 15) is 9.59 Å². The number of hydrogen-bond acceptors (Lipinski definition) is 3. The summed E-state index contributed by atoms with van der Waals surface area (Å²) >= 11 is 0. The second kappa shape index (κ2) is 4.08. The van der Waals surface area contributed by atoms with E-state index in [4.69, 9.17) is 4.74 Å². The Labute approximate surface area is 88.8 Å². The number of hydrogen-bond donors (Lipinski definition) is 1. The highest BCUT2D eigenvalue weighted by atomic mass is 16.5. The third kappa shape index (κ3) is 2.61. The van der Waals surface area contributed by atoms with Crippen LogP contribution in [-0.4, -0.2) is 42.6 Å². The van der Waals surface area contributed by atoms with Crippen LogP contribution >= 0.6 is 0 Å². The minimum Gasteiger partial charge on any atom is -0.461 e. The van der Waals surface area contributed by atoms with E-state index < -0.39 is 0 Å². The summed E-state index contributed by atoms with van der Waals surface area (Å²) < 4.78 is 5.22. The zero-order valence-electron chi connectivity index (χ0n) is 8.86. The monoisotopic (exact) mass is 212 g/mol. The Kier molecular flexibility index (Phi) is 2.79. The molecule has 1 aliphatic heterocycles. The largest absolute Gasteiger partial charge is 0.461 e. The molecule has 1 saturated heterocycles. The first-order valence-electron chi connectivity index (χ1n) is 5.40. The number of esters is 1. The third-order valence-corrected chi connectivity index (χ3v) is 2.65. The van der Waals surface area contributed by atoms with Crippen molar-refractivity contribution >= 4 is 12.0 Å². The molecule has 1 N–H and O–H groups in total. The summed E-state index contributed by atoms with van der Waals surface area (Å²) in [7, 11) is 0. The molecule has 0 aromatic rings. The van der Waals surface area contributed by atoms with Gasteiger partial charge in [0.15, 0.2) is 0 Å². The Morgan fingerprint density at radius 1 is 1.67 bits per heavy atom. The van der Waals surface area contributed by atoms with Crippen LogP contribution in [0.1, 0.15) is 19.8 Å². The second-order valence-electron chi connectivity index (χ2n) is 4.20. The number of nitrogens with zero attached hydrogens (tertiary/aromatic N) is 1. The lowest BCUT2D eigenvalue weighted by Crippen LogP contribution is -2.36. The number of ether oxygens (including phenoxy) is 1. The zero-order valence-corrected chi connectivity index (χ0v) is 8.86. The Morgan fingerprint density at radius 3 is 2.93 bits per heavy atom. The number of amides is 2. The van der Waals surface area contributed by atoms with Crippen LogP contribution in [-0.2, 0) is 9.53 Å². The summed E-state index contributed by atoms with van der Waals surface area (Å²) in [6, 6.07) is -0.0654. The average molecular weight is 212 g/mol. The van der Waals surface area contributed by atoms with Gasteiger partial charge in [-0.15, -0.1) is 0 Å². The first-order chi connectivity index (χ1) is 7.16. The van der Waals surface area contributed by atoms with Crippen LogP contribution in [0, 0.1) is 5.92 Å². The molecule has 0 aromatic carbocycles. The summed E-state index contributed by atoms with van der Waals surface area (Å²) in [6.07, 6.45) is 1.70. The molecule has 2 aliphatic rings. The molecule has 1 atom stereocenters. The Bertz CT molecular complexity index is 276. The summed E-state index contributed by atoms with van der Waals surface area (Å²) in [5, 5.41) is 2.71. The Morgan fingerprint density at radius 2 is 2.40 bits per heavy atom. The van der Waals surface area contributed by atoms with Crippen LogP contribution in [0.2, 0.25) is 0 Å². The second-order valence-corrected chi connectivity index (χ2v) is 4.20. The van der Waals surface area contributed by atoms with Crippen molar-refractivity contribution in [2.45, 2.75) is 25.9 Å². The van der Waals surface area contributed by atoms with E-state index in [-0.39, 0.29) is 24.0 Å². The molecule has 0 aromatic heterocycles. The summed E-state index contributed by atoms with van der Waals surface area (Å²) in [4.78, 5) is 24.2. The molecule has 1 aliphatic carbocycles. The molecule has 0 radical (unpaired) electrons. The topological polar surface area (TPSA) is 58.6 Å². The van der Waals surface area contributed by atoms with E-state index in [0.29, 0.717) is 19.6 Å². The van der Waals surface area contributed by atoms with Crippen molar-refractivity contribution in [3.63, 3.8) is 0 Å². The van der Waals surface area contributed by atoms with Crippen molar-refractivity contribution < 1.29 is 14.3 Å². The Hall–Kier alpha value is -1.26. The molecule has 5 heteroatoms. The fourth-order valence-electron chi connectivity index (χ4n) is 1.65. The van der Waals surface area contributed by atoms with Gasteiger partial charge < -0.3 is 15.0 Å². The van der Waals surface area contributed by atoms with Crippen LogP contribution in [0.25, 0.3) is 0 Å². The maximum Gasteiger partial charge on any atom is 0.317 e. The molecule has 1 unspecified atom stereocenters. The van der Waals surface area contributed by atoms with Crippen molar-refractivity contribution in [2.75, 3.05) is 19.6 Å². The number of carbonyl (C=O) groups excluding carboxylic acids is 2. The van der Waals surface area contributed by atoms with Gasteiger partial charge in [-0.25, -0.2) is 4.79 Å². The van der Waals surface area contributed by atoms with Gasteiger partial charge in [-0.3, -0.25) is 4.79 Å². The highest BCUT2D eigenvalue weighted by molar-refractivity contribution is 5.76. The summed E-state index contributed by atoms with van der Waals surface area (Å²) in [5.41, 5.74) is 0. The smallest absolute Gasteiger partial charge is 0.317 e. The Balaban J connectivity index is 1.73. The molecule has 1 saturated carbocycles. The van der Waals surface area contributed by atoms with Gasteiger partial charge in [-0.2, -0.15) is 0 Å². The van der Waals surface area contributed by atoms with Crippen LogP contribution in [0.15, 0.2) is 0 Å². The zero-order chi connectivity index (χ0) is 10.8. The number of carbonyl (C=O) groups is 2. The van der Waals surface area contributed by atoms with Crippen molar-refractivity contribution in [3.8, 4) is 0 Å². The van der Waals surface area contributed by atoms with Gasteiger partial charge in [0.05, 0.1) is 12.5 Å². The van der Waals surface area contributed by atoms with Gasteiger partial charge >= 0.3 is 12.0 Å². The van der Waals surface area contributed by atoms with Crippen LogP contribution < -0.4 is 5.32 Å². The molecule has 0 spiro atoms. The van der Waals surface area contributed by atoms with Crippen LogP contribution in [0.4, 0.5) is 4.79 Å². The molecule has 1 heterocycles. The maximum absolute atomic E-state index is 11.3. The summed E-state index contributed by atoms with van der Waals surface area (Å²) in [5.74, 6) is 0.0157. The fourth-order valence-corrected chi connectivity index (χ4v) is 1.65. The summed E-state index contributed by atoms with van der Waals surface area (Å²) in [6.45, 7) is 3.70. The fraction of sp³-hybridized carbons (Fsp3) is 0.800. The molecule has 0 bridgehead atoms.